The van der Waals surface area contributed by atoms with Crippen molar-refractivity contribution in [1.82, 2.24) is 19.3 Å². The largest absolute Gasteiger partial charge is 0.308 e. The molecule has 0 atom stereocenters. The first kappa shape index (κ1) is 17.2. The first-order valence-corrected chi connectivity index (χ1v) is 9.44. The SMILES string of the molecule is Cc1ccc(-n2nc(C)c(C(=O)Nc3nc(C)cs3)c2-n2cccc2)cc1. The Balaban J connectivity index is 1.83. The highest BCUT2D eigenvalue weighted by Crippen LogP contribution is 2.25. The second-order valence-electron chi connectivity index (χ2n) is 6.37. The molecule has 0 spiro atoms. The van der Waals surface area contributed by atoms with Gasteiger partial charge in [0.1, 0.15) is 5.56 Å². The molecule has 0 fully saturated rings. The summed E-state index contributed by atoms with van der Waals surface area (Å²) in [4.78, 5) is 17.4. The van der Waals surface area contributed by atoms with Crippen LogP contribution in [0.3, 0.4) is 0 Å². The van der Waals surface area contributed by atoms with Crippen molar-refractivity contribution in [2.75, 3.05) is 5.32 Å². The first-order chi connectivity index (χ1) is 13.0. The topological polar surface area (TPSA) is 64.7 Å². The van der Waals surface area contributed by atoms with Gasteiger partial charge >= 0.3 is 0 Å². The molecule has 4 aromatic rings. The molecular weight excluding hydrogens is 358 g/mol. The van der Waals surface area contributed by atoms with E-state index in [4.69, 9.17) is 0 Å². The summed E-state index contributed by atoms with van der Waals surface area (Å²) in [6.45, 7) is 5.79. The van der Waals surface area contributed by atoms with Gasteiger partial charge in [-0.25, -0.2) is 9.67 Å². The van der Waals surface area contributed by atoms with Crippen molar-refractivity contribution in [3.63, 3.8) is 0 Å². The fourth-order valence-electron chi connectivity index (χ4n) is 2.93. The third kappa shape index (κ3) is 3.29. The van der Waals surface area contributed by atoms with Gasteiger partial charge in [-0.1, -0.05) is 17.7 Å². The van der Waals surface area contributed by atoms with E-state index in [-0.39, 0.29) is 5.91 Å². The molecule has 0 aliphatic carbocycles. The lowest BCUT2D eigenvalue weighted by Gasteiger charge is -2.11. The van der Waals surface area contributed by atoms with Crippen LogP contribution in [0.5, 0.6) is 0 Å². The summed E-state index contributed by atoms with van der Waals surface area (Å²) in [5.41, 5.74) is 4.14. The van der Waals surface area contributed by atoms with Gasteiger partial charge in [0.2, 0.25) is 0 Å². The molecule has 27 heavy (non-hydrogen) atoms. The predicted octanol–water partition coefficient (Wildman–Crippen LogP) is 4.30. The minimum absolute atomic E-state index is 0.219. The van der Waals surface area contributed by atoms with Gasteiger partial charge in [-0.15, -0.1) is 11.3 Å². The molecule has 1 aromatic carbocycles. The lowest BCUT2D eigenvalue weighted by Crippen LogP contribution is -2.16. The van der Waals surface area contributed by atoms with Crippen molar-refractivity contribution in [3.8, 4) is 11.5 Å². The minimum Gasteiger partial charge on any atom is -0.308 e. The van der Waals surface area contributed by atoms with Crippen LogP contribution in [0.15, 0.2) is 54.2 Å². The summed E-state index contributed by atoms with van der Waals surface area (Å²) in [5, 5.41) is 10.0. The lowest BCUT2D eigenvalue weighted by atomic mass is 10.2. The van der Waals surface area contributed by atoms with Crippen molar-refractivity contribution in [2.24, 2.45) is 0 Å². The number of aromatic nitrogens is 4. The standard InChI is InChI=1S/C20H19N5OS/c1-13-6-8-16(9-7-13)25-19(24-10-4-5-11-24)17(15(3)23-25)18(26)22-20-21-14(2)12-27-20/h4-12H,1-3H3,(H,21,22,26). The summed E-state index contributed by atoms with van der Waals surface area (Å²) < 4.78 is 3.71. The summed E-state index contributed by atoms with van der Waals surface area (Å²) in [6.07, 6.45) is 3.82. The minimum atomic E-state index is -0.219. The van der Waals surface area contributed by atoms with Gasteiger partial charge < -0.3 is 4.57 Å². The molecule has 3 aromatic heterocycles. The number of nitrogens with one attached hydrogen (secondary N) is 1. The monoisotopic (exact) mass is 377 g/mol. The maximum absolute atomic E-state index is 13.0. The fraction of sp³-hybridized carbons (Fsp3) is 0.150. The molecule has 0 aliphatic rings. The smallest absolute Gasteiger partial charge is 0.263 e. The number of anilines is 1. The molecule has 0 bridgehead atoms. The Morgan fingerprint density at radius 3 is 2.41 bits per heavy atom. The molecule has 0 saturated heterocycles. The maximum Gasteiger partial charge on any atom is 0.263 e. The van der Waals surface area contributed by atoms with Crippen LogP contribution in [0.2, 0.25) is 0 Å². The van der Waals surface area contributed by atoms with Gasteiger partial charge in [-0.3, -0.25) is 10.1 Å². The molecule has 0 saturated carbocycles. The van der Waals surface area contributed by atoms with Crippen molar-refractivity contribution in [3.05, 3.63) is 76.7 Å². The van der Waals surface area contributed by atoms with E-state index in [9.17, 15) is 4.79 Å². The number of amides is 1. The number of benzene rings is 1. The number of carbonyl (C=O) groups excluding carboxylic acids is 1. The van der Waals surface area contributed by atoms with Crippen molar-refractivity contribution in [1.29, 1.82) is 0 Å². The Bertz CT molecular complexity index is 1090. The molecule has 1 amide bonds. The number of hydrogen-bond donors (Lipinski definition) is 1. The molecule has 0 aliphatic heterocycles. The van der Waals surface area contributed by atoms with E-state index in [0.29, 0.717) is 22.2 Å². The van der Waals surface area contributed by atoms with Crippen LogP contribution in [0.1, 0.15) is 27.3 Å². The Morgan fingerprint density at radius 1 is 1.07 bits per heavy atom. The van der Waals surface area contributed by atoms with Gasteiger partial charge in [-0.05, 0) is 45.0 Å². The lowest BCUT2D eigenvalue weighted by molar-refractivity contribution is 0.102. The predicted molar refractivity (Wildman–Crippen MR) is 107 cm³/mol. The molecule has 136 valence electrons. The Morgan fingerprint density at radius 2 is 1.78 bits per heavy atom. The number of rotatable bonds is 4. The van der Waals surface area contributed by atoms with Crippen molar-refractivity contribution in [2.45, 2.75) is 20.8 Å². The van der Waals surface area contributed by atoms with Gasteiger partial charge in [0.15, 0.2) is 10.9 Å². The Kier molecular flexibility index (Phi) is 4.37. The zero-order valence-corrected chi connectivity index (χ0v) is 16.1. The summed E-state index contributed by atoms with van der Waals surface area (Å²) >= 11 is 1.41. The van der Waals surface area contributed by atoms with Gasteiger partial charge in [-0.2, -0.15) is 5.10 Å². The van der Waals surface area contributed by atoms with Crippen molar-refractivity contribution < 1.29 is 4.79 Å². The number of aryl methyl sites for hydroxylation is 3. The van der Waals surface area contributed by atoms with Gasteiger partial charge in [0.05, 0.1) is 17.1 Å². The maximum atomic E-state index is 13.0. The van der Waals surface area contributed by atoms with Crippen LogP contribution in [-0.2, 0) is 0 Å². The number of carbonyl (C=O) groups is 1. The molecule has 0 unspecified atom stereocenters. The van der Waals surface area contributed by atoms with Gasteiger partial charge in [0.25, 0.3) is 5.91 Å². The highest BCUT2D eigenvalue weighted by molar-refractivity contribution is 7.13. The number of nitrogens with zero attached hydrogens (tertiary/aromatic N) is 4. The van der Waals surface area contributed by atoms with E-state index in [1.54, 1.807) is 4.68 Å². The van der Waals surface area contributed by atoms with E-state index in [1.165, 1.54) is 16.9 Å². The molecular formula is C20H19N5OS. The molecule has 1 N–H and O–H groups in total. The van der Waals surface area contributed by atoms with E-state index in [2.05, 4.69) is 15.4 Å². The van der Waals surface area contributed by atoms with Crippen LogP contribution >= 0.6 is 11.3 Å². The van der Waals surface area contributed by atoms with E-state index < -0.39 is 0 Å². The average Bonchev–Trinajstić information content (AvgIpc) is 3.36. The van der Waals surface area contributed by atoms with Crippen LogP contribution in [-0.4, -0.2) is 25.2 Å². The summed E-state index contributed by atoms with van der Waals surface area (Å²) in [6, 6.07) is 11.9. The quantitative estimate of drug-likeness (QED) is 0.577. The zero-order valence-electron chi connectivity index (χ0n) is 15.3. The number of hydrogen-bond acceptors (Lipinski definition) is 4. The second kappa shape index (κ2) is 6.85. The number of thiazole rings is 1. The third-order valence-electron chi connectivity index (χ3n) is 4.23. The fourth-order valence-corrected chi connectivity index (χ4v) is 3.62. The summed E-state index contributed by atoms with van der Waals surface area (Å²) in [7, 11) is 0. The van der Waals surface area contributed by atoms with Crippen LogP contribution in [0.25, 0.3) is 11.5 Å². The summed E-state index contributed by atoms with van der Waals surface area (Å²) in [5.74, 6) is 0.482. The van der Waals surface area contributed by atoms with E-state index in [0.717, 1.165) is 11.4 Å². The van der Waals surface area contributed by atoms with Gasteiger partial charge in [0, 0.05) is 17.8 Å². The molecule has 6 nitrogen and oxygen atoms in total. The molecule has 0 radical (unpaired) electrons. The highest BCUT2D eigenvalue weighted by atomic mass is 32.1. The van der Waals surface area contributed by atoms with E-state index in [1.807, 2.05) is 79.5 Å². The van der Waals surface area contributed by atoms with Crippen LogP contribution in [0, 0.1) is 20.8 Å². The highest BCUT2D eigenvalue weighted by Gasteiger charge is 2.24. The first-order valence-electron chi connectivity index (χ1n) is 8.56. The molecule has 4 rings (SSSR count). The second-order valence-corrected chi connectivity index (χ2v) is 7.23. The van der Waals surface area contributed by atoms with E-state index >= 15 is 0 Å². The normalized spacial score (nSPS) is 10.9. The van der Waals surface area contributed by atoms with Crippen LogP contribution < -0.4 is 5.32 Å². The average molecular weight is 377 g/mol. The third-order valence-corrected chi connectivity index (χ3v) is 5.11. The zero-order chi connectivity index (χ0) is 19.0. The van der Waals surface area contributed by atoms with Crippen LogP contribution in [0.4, 0.5) is 5.13 Å². The Hall–Kier alpha value is -3.19. The van der Waals surface area contributed by atoms with Crippen molar-refractivity contribution >= 4 is 22.4 Å². The molecule has 7 heteroatoms. The molecule has 3 heterocycles. The Labute approximate surface area is 161 Å².